The van der Waals surface area contributed by atoms with Gasteiger partial charge in [-0.05, 0) is 42.5 Å². The van der Waals surface area contributed by atoms with Gasteiger partial charge >= 0.3 is 5.97 Å². The molecule has 0 unspecified atom stereocenters. The molecule has 3 N–H and O–H groups in total. The third kappa shape index (κ3) is 5.13. The van der Waals surface area contributed by atoms with E-state index in [1.807, 2.05) is 0 Å². The van der Waals surface area contributed by atoms with Gasteiger partial charge in [0.15, 0.2) is 0 Å². The molecule has 0 atom stereocenters. The number of nitrogens with zero attached hydrogens (tertiary/aromatic N) is 2. The molecule has 9 nitrogen and oxygen atoms in total. The van der Waals surface area contributed by atoms with Gasteiger partial charge < -0.3 is 15.2 Å². The summed E-state index contributed by atoms with van der Waals surface area (Å²) in [6, 6.07) is 21.0. The van der Waals surface area contributed by atoms with Crippen molar-refractivity contribution >= 4 is 33.2 Å². The van der Waals surface area contributed by atoms with Crippen LogP contribution in [0.25, 0.3) is 11.3 Å². The molecule has 0 amide bonds. The first kappa shape index (κ1) is 22.7. The van der Waals surface area contributed by atoms with Crippen LogP contribution in [0.15, 0.2) is 90.1 Å². The van der Waals surface area contributed by atoms with Crippen LogP contribution >= 0.6 is 0 Å². The molecule has 0 saturated carbocycles. The number of carbonyl (C=O) groups is 1. The quantitative estimate of drug-likeness (QED) is 0.341. The highest BCUT2D eigenvalue weighted by Crippen LogP contribution is 2.28. The number of carboxylic acid groups (broad SMARTS) is 1. The number of methoxy groups -OCH3 is 1. The number of nitrogens with one attached hydrogen (secondary N) is 2. The second kappa shape index (κ2) is 9.59. The number of sulfonamides is 1. The summed E-state index contributed by atoms with van der Waals surface area (Å²) in [7, 11) is -2.41. The van der Waals surface area contributed by atoms with Crippen molar-refractivity contribution in [3.63, 3.8) is 0 Å². The Labute approximate surface area is 196 Å². The zero-order valence-electron chi connectivity index (χ0n) is 18.0. The largest absolute Gasteiger partial charge is 0.495 e. The molecule has 0 aliphatic heterocycles. The zero-order valence-corrected chi connectivity index (χ0v) is 18.8. The molecule has 0 aliphatic carbocycles. The molecule has 0 saturated heterocycles. The van der Waals surface area contributed by atoms with Gasteiger partial charge in [0.1, 0.15) is 17.9 Å². The van der Waals surface area contributed by atoms with Crippen LogP contribution in [0.4, 0.5) is 17.2 Å². The first-order valence-corrected chi connectivity index (χ1v) is 11.5. The van der Waals surface area contributed by atoms with Gasteiger partial charge in [0.05, 0.1) is 29.0 Å². The molecule has 10 heteroatoms. The number of para-hydroxylation sites is 2. The number of ether oxygens (including phenoxy) is 1. The van der Waals surface area contributed by atoms with Gasteiger partial charge in [0, 0.05) is 17.3 Å². The highest BCUT2D eigenvalue weighted by molar-refractivity contribution is 7.92. The molecule has 0 fully saturated rings. The van der Waals surface area contributed by atoms with Gasteiger partial charge in [0.2, 0.25) is 0 Å². The van der Waals surface area contributed by atoms with E-state index in [2.05, 4.69) is 20.0 Å². The molecule has 1 heterocycles. The Balaban J connectivity index is 1.56. The van der Waals surface area contributed by atoms with E-state index in [1.165, 1.54) is 37.7 Å². The molecule has 0 aliphatic rings. The van der Waals surface area contributed by atoms with E-state index >= 15 is 0 Å². The Morgan fingerprint density at radius 1 is 0.941 bits per heavy atom. The summed E-state index contributed by atoms with van der Waals surface area (Å²) in [5.41, 5.74) is 2.31. The van der Waals surface area contributed by atoms with E-state index in [0.29, 0.717) is 34.2 Å². The van der Waals surface area contributed by atoms with Crippen LogP contribution in [0.3, 0.4) is 0 Å². The van der Waals surface area contributed by atoms with Crippen LogP contribution in [0.2, 0.25) is 0 Å². The van der Waals surface area contributed by atoms with Crippen molar-refractivity contribution in [3.05, 3.63) is 90.8 Å². The van der Waals surface area contributed by atoms with E-state index in [-0.39, 0.29) is 10.5 Å². The smallest absolute Gasteiger partial charge is 0.335 e. The number of benzene rings is 3. The maximum Gasteiger partial charge on any atom is 0.335 e. The highest BCUT2D eigenvalue weighted by atomic mass is 32.2. The fraction of sp³-hybridized carbons (Fsp3) is 0.0417. The summed E-state index contributed by atoms with van der Waals surface area (Å²) in [5, 5.41) is 12.1. The topological polar surface area (TPSA) is 131 Å². The van der Waals surface area contributed by atoms with Crippen LogP contribution in [0.5, 0.6) is 5.75 Å². The highest BCUT2D eigenvalue weighted by Gasteiger charge is 2.17. The monoisotopic (exact) mass is 476 g/mol. The summed E-state index contributed by atoms with van der Waals surface area (Å²) in [6.45, 7) is 0. The summed E-state index contributed by atoms with van der Waals surface area (Å²) >= 11 is 0. The van der Waals surface area contributed by atoms with Crippen molar-refractivity contribution in [2.45, 2.75) is 4.90 Å². The fourth-order valence-electron chi connectivity index (χ4n) is 3.19. The van der Waals surface area contributed by atoms with Gasteiger partial charge in [-0.2, -0.15) is 0 Å². The second-order valence-electron chi connectivity index (χ2n) is 7.13. The average Bonchev–Trinajstić information content (AvgIpc) is 2.84. The van der Waals surface area contributed by atoms with E-state index in [9.17, 15) is 13.2 Å². The first-order chi connectivity index (χ1) is 16.4. The lowest BCUT2D eigenvalue weighted by Crippen LogP contribution is -2.13. The lowest BCUT2D eigenvalue weighted by atomic mass is 10.1. The number of aromatic carboxylic acids is 1. The Morgan fingerprint density at radius 2 is 1.71 bits per heavy atom. The number of hydrogen-bond acceptors (Lipinski definition) is 7. The molecule has 172 valence electrons. The predicted octanol–water partition coefficient (Wildman–Crippen LogP) is 4.39. The fourth-order valence-corrected chi connectivity index (χ4v) is 4.30. The summed E-state index contributed by atoms with van der Waals surface area (Å²) in [6.07, 6.45) is 1.37. The maximum atomic E-state index is 12.9. The third-order valence-electron chi connectivity index (χ3n) is 4.86. The van der Waals surface area contributed by atoms with Gasteiger partial charge in [-0.3, -0.25) is 4.72 Å². The molecule has 4 rings (SSSR count). The van der Waals surface area contributed by atoms with Gasteiger partial charge in [0.25, 0.3) is 10.0 Å². The number of aromatic nitrogens is 2. The molecular weight excluding hydrogens is 456 g/mol. The van der Waals surface area contributed by atoms with Crippen molar-refractivity contribution in [2.24, 2.45) is 0 Å². The molecular formula is C24H20N4O5S. The number of carboxylic acids is 1. The van der Waals surface area contributed by atoms with Crippen molar-refractivity contribution in [3.8, 4) is 17.0 Å². The Morgan fingerprint density at radius 3 is 2.44 bits per heavy atom. The minimum absolute atomic E-state index is 0.0574. The van der Waals surface area contributed by atoms with Crippen molar-refractivity contribution < 1.29 is 23.1 Å². The number of hydrogen-bond donors (Lipinski definition) is 3. The lowest BCUT2D eigenvalue weighted by molar-refractivity contribution is 0.0697. The van der Waals surface area contributed by atoms with E-state index in [0.717, 1.165) is 0 Å². The van der Waals surface area contributed by atoms with Gasteiger partial charge in [-0.25, -0.2) is 23.2 Å². The lowest BCUT2D eigenvalue weighted by Gasteiger charge is -2.13. The second-order valence-corrected chi connectivity index (χ2v) is 8.81. The molecule has 0 spiro atoms. The van der Waals surface area contributed by atoms with Crippen LogP contribution in [0.1, 0.15) is 10.4 Å². The number of anilines is 3. The molecule has 1 aromatic heterocycles. The average molecular weight is 477 g/mol. The molecule has 4 aromatic rings. The van der Waals surface area contributed by atoms with Crippen LogP contribution in [0, 0.1) is 0 Å². The summed E-state index contributed by atoms with van der Waals surface area (Å²) < 4.78 is 33.6. The van der Waals surface area contributed by atoms with Crippen LogP contribution < -0.4 is 14.8 Å². The van der Waals surface area contributed by atoms with Gasteiger partial charge in [-0.15, -0.1) is 0 Å². The first-order valence-electron chi connectivity index (χ1n) is 10.0. The normalized spacial score (nSPS) is 11.0. The molecule has 34 heavy (non-hydrogen) atoms. The minimum atomic E-state index is -3.87. The van der Waals surface area contributed by atoms with Crippen LogP contribution in [-0.4, -0.2) is 36.6 Å². The van der Waals surface area contributed by atoms with Crippen molar-refractivity contribution in [2.75, 3.05) is 17.1 Å². The molecule has 0 radical (unpaired) electrons. The Hall–Kier alpha value is -4.44. The van der Waals surface area contributed by atoms with Gasteiger partial charge in [-0.1, -0.05) is 30.3 Å². The minimum Gasteiger partial charge on any atom is -0.495 e. The Kier molecular flexibility index (Phi) is 6.42. The molecule has 0 bridgehead atoms. The van der Waals surface area contributed by atoms with Crippen molar-refractivity contribution in [1.29, 1.82) is 0 Å². The van der Waals surface area contributed by atoms with E-state index in [1.54, 1.807) is 54.6 Å². The number of rotatable bonds is 8. The molecule has 3 aromatic carbocycles. The third-order valence-corrected chi connectivity index (χ3v) is 6.23. The van der Waals surface area contributed by atoms with E-state index < -0.39 is 16.0 Å². The van der Waals surface area contributed by atoms with Crippen LogP contribution in [-0.2, 0) is 10.0 Å². The van der Waals surface area contributed by atoms with E-state index in [4.69, 9.17) is 9.84 Å². The summed E-state index contributed by atoms with van der Waals surface area (Å²) in [4.78, 5) is 19.5. The zero-order chi connectivity index (χ0) is 24.1. The Bertz CT molecular complexity index is 1440. The van der Waals surface area contributed by atoms with Crippen molar-refractivity contribution in [1.82, 2.24) is 9.97 Å². The standard InChI is InChI=1S/C24H20N4O5S/c1-33-22-8-3-2-7-20(22)28-34(31,32)19-6-4-5-18(13-19)27-23-14-21(25-15-26-23)16-9-11-17(12-10-16)24(29)30/h2-15,28H,1H3,(H,29,30)(H,25,26,27). The SMILES string of the molecule is COc1ccccc1NS(=O)(=O)c1cccc(Nc2cc(-c3ccc(C(=O)O)cc3)ncn2)c1. The summed E-state index contributed by atoms with van der Waals surface area (Å²) in [5.74, 6) is -0.156. The predicted molar refractivity (Wildman–Crippen MR) is 128 cm³/mol. The maximum absolute atomic E-state index is 12.9.